The highest BCUT2D eigenvalue weighted by molar-refractivity contribution is 6.32. The zero-order valence-electron chi connectivity index (χ0n) is 12.0. The standard InChI is InChI=1S/C14H20ClN3O3/c1-2-21-11-7-10(19)14(11)3-5-18(6-4-14)9-8-16-17-13(20)12(9)15/h8,10-11,19H,2-7H2,1H3,(H,17,20)/t10-,11+/m0/s1. The molecule has 1 aliphatic heterocycles. The Morgan fingerprint density at radius 2 is 2.29 bits per heavy atom. The van der Waals surface area contributed by atoms with Crippen LogP contribution in [0.1, 0.15) is 26.2 Å². The number of ether oxygens (including phenoxy) is 1. The monoisotopic (exact) mass is 313 g/mol. The first-order valence-electron chi connectivity index (χ1n) is 7.36. The molecule has 0 unspecified atom stereocenters. The van der Waals surface area contributed by atoms with Crippen LogP contribution >= 0.6 is 11.6 Å². The Hall–Kier alpha value is -1.11. The van der Waals surface area contributed by atoms with E-state index >= 15 is 0 Å². The summed E-state index contributed by atoms with van der Waals surface area (Å²) < 4.78 is 5.75. The van der Waals surface area contributed by atoms with Crippen molar-refractivity contribution in [3.05, 3.63) is 21.6 Å². The molecule has 1 saturated heterocycles. The van der Waals surface area contributed by atoms with Crippen LogP contribution in [-0.4, -0.2) is 47.2 Å². The van der Waals surface area contributed by atoms with Crippen molar-refractivity contribution in [3.8, 4) is 0 Å². The molecule has 0 aromatic carbocycles. The summed E-state index contributed by atoms with van der Waals surface area (Å²) in [6, 6.07) is 0. The maximum atomic E-state index is 11.5. The van der Waals surface area contributed by atoms with Gasteiger partial charge in [0.2, 0.25) is 0 Å². The number of aromatic amines is 1. The normalized spacial score (nSPS) is 27.7. The second-order valence-electron chi connectivity index (χ2n) is 5.81. The van der Waals surface area contributed by atoms with Crippen LogP contribution in [0.2, 0.25) is 5.02 Å². The second kappa shape index (κ2) is 5.59. The molecule has 0 amide bonds. The van der Waals surface area contributed by atoms with Crippen molar-refractivity contribution in [1.29, 1.82) is 0 Å². The summed E-state index contributed by atoms with van der Waals surface area (Å²) >= 11 is 6.05. The third-order valence-corrected chi connectivity index (χ3v) is 5.29. The van der Waals surface area contributed by atoms with Gasteiger partial charge < -0.3 is 14.7 Å². The fourth-order valence-corrected chi connectivity index (χ4v) is 3.79. The lowest BCUT2D eigenvalue weighted by Crippen LogP contribution is -2.62. The van der Waals surface area contributed by atoms with E-state index in [1.54, 1.807) is 6.20 Å². The predicted molar refractivity (Wildman–Crippen MR) is 79.8 cm³/mol. The van der Waals surface area contributed by atoms with Crippen LogP contribution in [0.15, 0.2) is 11.0 Å². The van der Waals surface area contributed by atoms with Crippen molar-refractivity contribution in [3.63, 3.8) is 0 Å². The number of rotatable bonds is 3. The highest BCUT2D eigenvalue weighted by Crippen LogP contribution is 2.51. The van der Waals surface area contributed by atoms with Crippen LogP contribution in [0.3, 0.4) is 0 Å². The van der Waals surface area contributed by atoms with Gasteiger partial charge in [0.15, 0.2) is 0 Å². The SMILES string of the molecule is CCO[C@@H]1C[C@H](O)C12CCN(c1cn[nH]c(=O)c1Cl)CC2. The molecule has 1 saturated carbocycles. The Kier molecular flexibility index (Phi) is 3.94. The molecule has 2 heterocycles. The lowest BCUT2D eigenvalue weighted by Gasteiger charge is -2.56. The van der Waals surface area contributed by atoms with Gasteiger partial charge in [0, 0.05) is 31.5 Å². The van der Waals surface area contributed by atoms with Gasteiger partial charge in [0.05, 0.1) is 24.1 Å². The Morgan fingerprint density at radius 1 is 1.57 bits per heavy atom. The smallest absolute Gasteiger partial charge is 0.285 e. The van der Waals surface area contributed by atoms with Crippen LogP contribution in [0.4, 0.5) is 5.69 Å². The van der Waals surface area contributed by atoms with Crippen molar-refractivity contribution in [2.75, 3.05) is 24.6 Å². The van der Waals surface area contributed by atoms with E-state index in [2.05, 4.69) is 15.1 Å². The third-order valence-electron chi connectivity index (χ3n) is 4.92. The van der Waals surface area contributed by atoms with Gasteiger partial charge in [0.1, 0.15) is 5.02 Å². The average molecular weight is 314 g/mol. The number of nitrogens with zero attached hydrogens (tertiary/aromatic N) is 2. The lowest BCUT2D eigenvalue weighted by atomic mass is 9.58. The number of aromatic nitrogens is 2. The molecule has 7 heteroatoms. The molecule has 116 valence electrons. The van der Waals surface area contributed by atoms with Crippen LogP contribution in [-0.2, 0) is 4.74 Å². The molecule has 3 rings (SSSR count). The lowest BCUT2D eigenvalue weighted by molar-refractivity contribution is -0.199. The number of aliphatic hydroxyl groups is 1. The van der Waals surface area contributed by atoms with E-state index in [9.17, 15) is 9.90 Å². The molecule has 2 atom stereocenters. The Balaban J connectivity index is 1.73. The number of aliphatic hydroxyl groups excluding tert-OH is 1. The highest BCUT2D eigenvalue weighted by atomic mass is 35.5. The van der Waals surface area contributed by atoms with E-state index in [0.29, 0.717) is 12.3 Å². The quantitative estimate of drug-likeness (QED) is 0.876. The van der Waals surface area contributed by atoms with E-state index in [4.69, 9.17) is 16.3 Å². The molecule has 1 spiro atoms. The molecule has 1 aromatic rings. The summed E-state index contributed by atoms with van der Waals surface area (Å²) in [6.07, 6.45) is 3.83. The molecule has 2 aliphatic rings. The van der Waals surface area contributed by atoms with Crippen molar-refractivity contribution >= 4 is 17.3 Å². The van der Waals surface area contributed by atoms with Gasteiger partial charge in [-0.3, -0.25) is 4.79 Å². The molecular weight excluding hydrogens is 294 g/mol. The summed E-state index contributed by atoms with van der Waals surface area (Å²) in [5.74, 6) is 0. The molecule has 0 radical (unpaired) electrons. The van der Waals surface area contributed by atoms with Crippen LogP contribution < -0.4 is 10.5 Å². The molecule has 1 aromatic heterocycles. The minimum Gasteiger partial charge on any atom is -0.392 e. The van der Waals surface area contributed by atoms with E-state index in [0.717, 1.165) is 32.4 Å². The van der Waals surface area contributed by atoms with Gasteiger partial charge in [0.25, 0.3) is 5.56 Å². The van der Waals surface area contributed by atoms with Gasteiger partial charge in [-0.2, -0.15) is 5.10 Å². The minimum atomic E-state index is -0.370. The van der Waals surface area contributed by atoms with Crippen molar-refractivity contribution in [2.24, 2.45) is 5.41 Å². The zero-order chi connectivity index (χ0) is 15.0. The van der Waals surface area contributed by atoms with Gasteiger partial charge in [-0.1, -0.05) is 11.6 Å². The van der Waals surface area contributed by atoms with Gasteiger partial charge in [-0.25, -0.2) is 5.10 Å². The Labute approximate surface area is 128 Å². The molecular formula is C14H20ClN3O3. The van der Waals surface area contributed by atoms with Gasteiger partial charge in [-0.15, -0.1) is 0 Å². The number of hydrogen-bond donors (Lipinski definition) is 2. The summed E-state index contributed by atoms with van der Waals surface area (Å²) in [5, 5.41) is 16.5. The van der Waals surface area contributed by atoms with Gasteiger partial charge in [-0.05, 0) is 19.8 Å². The van der Waals surface area contributed by atoms with E-state index < -0.39 is 0 Å². The molecule has 0 bridgehead atoms. The Bertz CT molecular complexity index is 567. The van der Waals surface area contributed by atoms with Crippen LogP contribution in [0.5, 0.6) is 0 Å². The fourth-order valence-electron chi connectivity index (χ4n) is 3.58. The Morgan fingerprint density at radius 3 is 2.90 bits per heavy atom. The number of nitrogens with one attached hydrogen (secondary N) is 1. The average Bonchev–Trinajstić information content (AvgIpc) is 2.50. The highest BCUT2D eigenvalue weighted by Gasteiger charge is 2.56. The predicted octanol–water partition coefficient (Wildman–Crippen LogP) is 1.18. The fraction of sp³-hybridized carbons (Fsp3) is 0.714. The van der Waals surface area contributed by atoms with Crippen LogP contribution in [0.25, 0.3) is 0 Å². The molecule has 1 aliphatic carbocycles. The largest absolute Gasteiger partial charge is 0.392 e. The summed E-state index contributed by atoms with van der Waals surface area (Å²) in [6.45, 7) is 4.14. The van der Waals surface area contributed by atoms with Crippen molar-refractivity contribution in [2.45, 2.75) is 38.4 Å². The third kappa shape index (κ3) is 2.35. The molecule has 6 nitrogen and oxygen atoms in total. The summed E-state index contributed by atoms with van der Waals surface area (Å²) in [4.78, 5) is 13.6. The van der Waals surface area contributed by atoms with Crippen molar-refractivity contribution < 1.29 is 9.84 Å². The van der Waals surface area contributed by atoms with E-state index in [1.165, 1.54) is 0 Å². The molecule has 2 N–H and O–H groups in total. The molecule has 2 fully saturated rings. The number of halogens is 1. The molecule has 21 heavy (non-hydrogen) atoms. The summed E-state index contributed by atoms with van der Waals surface area (Å²) in [5.41, 5.74) is 0.163. The number of H-pyrrole nitrogens is 1. The van der Waals surface area contributed by atoms with E-state index in [-0.39, 0.29) is 28.2 Å². The van der Waals surface area contributed by atoms with E-state index in [1.807, 2.05) is 6.92 Å². The second-order valence-corrected chi connectivity index (χ2v) is 6.19. The maximum absolute atomic E-state index is 11.5. The minimum absolute atomic E-state index is 0.131. The first-order valence-corrected chi connectivity index (χ1v) is 7.74. The first-order chi connectivity index (χ1) is 10.1. The number of piperidine rings is 1. The van der Waals surface area contributed by atoms with Crippen LogP contribution in [0, 0.1) is 5.41 Å². The van der Waals surface area contributed by atoms with Gasteiger partial charge >= 0.3 is 0 Å². The maximum Gasteiger partial charge on any atom is 0.285 e. The number of hydrogen-bond acceptors (Lipinski definition) is 5. The summed E-state index contributed by atoms with van der Waals surface area (Å²) in [7, 11) is 0. The first kappa shape index (κ1) is 14.8. The number of anilines is 1. The topological polar surface area (TPSA) is 78.5 Å². The van der Waals surface area contributed by atoms with Crippen molar-refractivity contribution in [1.82, 2.24) is 10.2 Å². The zero-order valence-corrected chi connectivity index (χ0v) is 12.8.